The van der Waals surface area contributed by atoms with Crippen LogP contribution < -0.4 is 99.3 Å². The third-order valence-electron chi connectivity index (χ3n) is 0. The number of hydrogen-bond donors (Lipinski definition) is 0. The van der Waals surface area contributed by atoms with Crippen molar-refractivity contribution in [1.29, 1.82) is 0 Å². The zero-order valence-electron chi connectivity index (χ0n) is 3.28. The predicted molar refractivity (Wildman–Crippen MR) is 30.8 cm³/mol. The summed E-state index contributed by atoms with van der Waals surface area (Å²) in [5.74, 6) is 0. The quantitative estimate of drug-likeness (QED) is 0.171. The SMILES string of the molecule is I.I.[Hg+].[I-].[I-].[K+]. The standard InChI is InChI=1S/Hg.4HI.K/h;4*1H;/q+1;;;;;+1/p-2. The minimum atomic E-state index is 0. The minimum Gasteiger partial charge on any atom is -1.00 e. The molecule has 0 fully saturated rings. The van der Waals surface area contributed by atoms with Crippen LogP contribution in [0.15, 0.2) is 0 Å². The Balaban J connectivity index is 0. The molecule has 0 unspecified atom stereocenters. The average molecular weight is 749 g/mol. The summed E-state index contributed by atoms with van der Waals surface area (Å²) in [6.07, 6.45) is 0. The van der Waals surface area contributed by atoms with Crippen LogP contribution in [-0.4, -0.2) is 0 Å². The van der Waals surface area contributed by atoms with E-state index in [-0.39, 0.29) is 175 Å². The molecule has 0 amide bonds. The Kier molecular flexibility index (Phi) is 219. The second-order valence-electron chi connectivity index (χ2n) is 0. The van der Waals surface area contributed by atoms with Crippen molar-refractivity contribution < 1.29 is 127 Å². The van der Waals surface area contributed by atoms with Gasteiger partial charge in [-0.2, -0.15) is 0 Å². The molecule has 1 radical (unpaired) electrons. The van der Waals surface area contributed by atoms with E-state index in [1.807, 2.05) is 0 Å². The molecule has 0 aliphatic carbocycles. The van der Waals surface area contributed by atoms with Gasteiger partial charge in [0.15, 0.2) is 0 Å². The van der Waals surface area contributed by atoms with E-state index >= 15 is 0 Å². The van der Waals surface area contributed by atoms with Gasteiger partial charge >= 0.3 is 79.1 Å². The predicted octanol–water partition coefficient (Wildman–Crippen LogP) is -7.75. The van der Waals surface area contributed by atoms with Crippen LogP contribution in [0.4, 0.5) is 0 Å². The molecule has 6 heavy (non-hydrogen) atoms. The normalized spacial score (nSPS) is 0. The van der Waals surface area contributed by atoms with Crippen LogP contribution in [0.25, 0.3) is 0 Å². The van der Waals surface area contributed by atoms with Crippen LogP contribution in [0, 0.1) is 0 Å². The summed E-state index contributed by atoms with van der Waals surface area (Å²) in [4.78, 5) is 0. The monoisotopic (exact) mass is 751 g/mol. The van der Waals surface area contributed by atoms with Crippen molar-refractivity contribution in [2.45, 2.75) is 0 Å². The van der Waals surface area contributed by atoms with Crippen molar-refractivity contribution in [3.8, 4) is 0 Å². The first-order valence-corrected chi connectivity index (χ1v) is 0. The Morgan fingerprint density at radius 3 is 0.667 bits per heavy atom. The Morgan fingerprint density at radius 2 is 0.667 bits per heavy atom. The van der Waals surface area contributed by atoms with Crippen molar-refractivity contribution in [1.82, 2.24) is 0 Å². The molecule has 0 saturated carbocycles. The zero-order chi connectivity index (χ0) is 0. The fourth-order valence-electron chi connectivity index (χ4n) is 0. The molecule has 0 rings (SSSR count). The first kappa shape index (κ1) is 41.9. The van der Waals surface area contributed by atoms with Crippen LogP contribution in [0.5, 0.6) is 0 Å². The van der Waals surface area contributed by atoms with Gasteiger partial charge in [0.1, 0.15) is 0 Å². The maximum atomic E-state index is 0. The summed E-state index contributed by atoms with van der Waals surface area (Å²) < 4.78 is 0. The van der Waals surface area contributed by atoms with Gasteiger partial charge in [-0.3, -0.25) is 0 Å². The van der Waals surface area contributed by atoms with Crippen LogP contribution in [0.2, 0.25) is 0 Å². The second kappa shape index (κ2) is 31.3. The van der Waals surface area contributed by atoms with Gasteiger partial charge in [-0.25, -0.2) is 0 Å². The maximum Gasteiger partial charge on any atom is 1.00 e. The number of halogens is 4. The fraction of sp³-hybridized carbons (Fsp3) is 0. The van der Waals surface area contributed by atoms with Gasteiger partial charge in [-0.15, -0.1) is 48.0 Å². The first-order chi connectivity index (χ1) is 0. The Morgan fingerprint density at radius 1 is 0.667 bits per heavy atom. The third-order valence-corrected chi connectivity index (χ3v) is 0. The van der Waals surface area contributed by atoms with Crippen LogP contribution in [0.1, 0.15) is 0 Å². The van der Waals surface area contributed by atoms with Crippen LogP contribution in [0.3, 0.4) is 0 Å². The number of rotatable bonds is 0. The van der Waals surface area contributed by atoms with Crippen molar-refractivity contribution in [2.24, 2.45) is 0 Å². The molecule has 0 bridgehead atoms. The molecule has 0 aliphatic rings. The molecule has 0 N–H and O–H groups in total. The molecule has 0 aliphatic heterocycles. The van der Waals surface area contributed by atoms with Gasteiger partial charge in [-0.05, 0) is 0 Å². The van der Waals surface area contributed by atoms with Gasteiger partial charge in [0.25, 0.3) is 0 Å². The average Bonchev–Trinajstić information content (AvgIpc) is 0. The molecule has 0 nitrogen and oxygen atoms in total. The van der Waals surface area contributed by atoms with E-state index in [4.69, 9.17) is 0 Å². The molecular weight excluding hydrogens is 747 g/mol. The van der Waals surface area contributed by atoms with Gasteiger partial charge in [0.05, 0.1) is 0 Å². The summed E-state index contributed by atoms with van der Waals surface area (Å²) >= 11 is 0. The molecule has 0 atom stereocenters. The molecule has 0 aromatic carbocycles. The zero-order valence-corrected chi connectivity index (χ0v) is 20.9. The van der Waals surface area contributed by atoms with E-state index in [9.17, 15) is 0 Å². The number of hydrogen-bond acceptors (Lipinski definition) is 0. The molecule has 0 spiro atoms. The summed E-state index contributed by atoms with van der Waals surface area (Å²) in [5.41, 5.74) is 0. The Bertz CT molecular complexity index is 7.51. The fourth-order valence-corrected chi connectivity index (χ4v) is 0. The Labute approximate surface area is 169 Å². The van der Waals surface area contributed by atoms with Gasteiger partial charge in [0, 0.05) is 0 Å². The topological polar surface area (TPSA) is 0 Å². The smallest absolute Gasteiger partial charge is 1.00 e. The largest absolute Gasteiger partial charge is 1.00 e. The maximum absolute atomic E-state index is 0. The summed E-state index contributed by atoms with van der Waals surface area (Å²) in [7, 11) is 0. The van der Waals surface area contributed by atoms with Crippen molar-refractivity contribution >= 4 is 48.0 Å². The van der Waals surface area contributed by atoms with Gasteiger partial charge in [-0.1, -0.05) is 0 Å². The summed E-state index contributed by atoms with van der Waals surface area (Å²) in [6, 6.07) is 0. The van der Waals surface area contributed by atoms with E-state index in [2.05, 4.69) is 0 Å². The summed E-state index contributed by atoms with van der Waals surface area (Å²) in [6.45, 7) is 0. The van der Waals surface area contributed by atoms with Gasteiger partial charge < -0.3 is 48.0 Å². The van der Waals surface area contributed by atoms with Crippen LogP contribution in [-0.2, 0) is 27.7 Å². The van der Waals surface area contributed by atoms with E-state index in [1.54, 1.807) is 0 Å². The first-order valence-electron chi connectivity index (χ1n) is 0. The molecule has 6 heteroatoms. The molecule has 0 aromatic heterocycles. The third kappa shape index (κ3) is 22.7. The second-order valence-corrected chi connectivity index (χ2v) is 0. The van der Waals surface area contributed by atoms with Crippen molar-refractivity contribution in [2.75, 3.05) is 0 Å². The van der Waals surface area contributed by atoms with E-state index in [0.717, 1.165) is 0 Å². The van der Waals surface area contributed by atoms with Crippen molar-refractivity contribution in [3.05, 3.63) is 0 Å². The van der Waals surface area contributed by atoms with Crippen LogP contribution >= 0.6 is 48.0 Å². The van der Waals surface area contributed by atoms with Crippen molar-refractivity contribution in [3.63, 3.8) is 0 Å². The molecule has 0 aromatic rings. The molecule has 0 saturated heterocycles. The Hall–Kier alpha value is 5.49. The minimum absolute atomic E-state index is 0. The van der Waals surface area contributed by atoms with Gasteiger partial charge in [0.2, 0.25) is 0 Å². The molecular formula is H2HgI4K. The summed E-state index contributed by atoms with van der Waals surface area (Å²) in [5, 5.41) is 0. The van der Waals surface area contributed by atoms with E-state index < -0.39 is 0 Å². The van der Waals surface area contributed by atoms with E-state index in [0.29, 0.717) is 0 Å². The molecule has 33 valence electrons. The van der Waals surface area contributed by atoms with E-state index in [1.165, 1.54) is 0 Å². The molecule has 0 heterocycles.